The van der Waals surface area contributed by atoms with Gasteiger partial charge < -0.3 is 0 Å². The molecule has 0 aromatic heterocycles. The number of hydrogen-bond donors (Lipinski definition) is 0. The third-order valence-corrected chi connectivity index (χ3v) is 9.04. The van der Waals surface area contributed by atoms with E-state index in [9.17, 15) is 0 Å². The van der Waals surface area contributed by atoms with Crippen molar-refractivity contribution in [1.82, 2.24) is 0 Å². The molecule has 34 heavy (non-hydrogen) atoms. The lowest BCUT2D eigenvalue weighted by Gasteiger charge is -2.43. The maximum Gasteiger partial charge on any atom is 0.0137 e. The Kier molecular flexibility index (Phi) is 3.35. The summed E-state index contributed by atoms with van der Waals surface area (Å²) in [6, 6.07) is 22.4. The van der Waals surface area contributed by atoms with Crippen molar-refractivity contribution in [3.63, 3.8) is 0 Å². The molecule has 5 aromatic rings. The van der Waals surface area contributed by atoms with Gasteiger partial charge in [-0.1, -0.05) is 60.7 Å². The van der Waals surface area contributed by atoms with Crippen molar-refractivity contribution >= 4 is 33.7 Å². The second kappa shape index (κ2) is 6.07. The second-order valence-corrected chi connectivity index (χ2v) is 10.6. The quantitative estimate of drug-likeness (QED) is 0.235. The van der Waals surface area contributed by atoms with E-state index < -0.39 is 0 Å². The number of aryl methyl sites for hydroxylation is 4. The topological polar surface area (TPSA) is 0 Å². The van der Waals surface area contributed by atoms with Crippen LogP contribution in [0.25, 0.3) is 56.0 Å². The highest BCUT2D eigenvalue weighted by molar-refractivity contribution is 6.17. The van der Waals surface area contributed by atoms with Crippen molar-refractivity contribution in [2.24, 2.45) is 0 Å². The SMILES string of the molecule is Cc1c2c(c(C)c3c(C)c4c(c(C)c13)C1C=c3ccccc3=CC41)-c1cc3ccccc3cc1-2. The highest BCUT2D eigenvalue weighted by atomic mass is 14.4. The Balaban J connectivity index is 1.45. The second-order valence-electron chi connectivity index (χ2n) is 10.6. The fourth-order valence-corrected chi connectivity index (χ4v) is 7.57. The molecule has 0 amide bonds. The van der Waals surface area contributed by atoms with Gasteiger partial charge in [-0.15, -0.1) is 0 Å². The number of rotatable bonds is 0. The molecule has 0 radical (unpaired) electrons. The lowest BCUT2D eigenvalue weighted by molar-refractivity contribution is 0.681. The molecule has 0 heterocycles. The third kappa shape index (κ3) is 2.03. The Labute approximate surface area is 199 Å². The van der Waals surface area contributed by atoms with E-state index in [2.05, 4.69) is 101 Å². The number of benzene rings is 5. The molecule has 0 fully saturated rings. The maximum absolute atomic E-state index is 2.52. The van der Waals surface area contributed by atoms with Gasteiger partial charge in [-0.3, -0.25) is 0 Å². The normalized spacial score (nSPS) is 18.5. The van der Waals surface area contributed by atoms with Crippen LogP contribution in [0.3, 0.4) is 0 Å². The summed E-state index contributed by atoms with van der Waals surface area (Å²) < 4.78 is 0. The van der Waals surface area contributed by atoms with E-state index in [1.165, 1.54) is 76.5 Å². The number of fused-ring (bicyclic) bond motifs is 11. The van der Waals surface area contributed by atoms with Gasteiger partial charge in [-0.25, -0.2) is 0 Å². The molecule has 0 heteroatoms. The zero-order valence-corrected chi connectivity index (χ0v) is 20.1. The van der Waals surface area contributed by atoms with E-state index in [0.717, 1.165) is 0 Å². The predicted octanol–water partition coefficient (Wildman–Crippen LogP) is 7.33. The van der Waals surface area contributed by atoms with Crippen LogP contribution in [0.15, 0.2) is 60.7 Å². The van der Waals surface area contributed by atoms with E-state index in [1.54, 1.807) is 11.1 Å². The summed E-state index contributed by atoms with van der Waals surface area (Å²) in [6.07, 6.45) is 5.04. The Bertz CT molecular complexity index is 1760. The molecule has 0 saturated heterocycles. The van der Waals surface area contributed by atoms with E-state index in [4.69, 9.17) is 0 Å². The molecule has 3 aliphatic rings. The molecule has 0 saturated carbocycles. The Morgan fingerprint density at radius 2 is 0.912 bits per heavy atom. The van der Waals surface area contributed by atoms with Gasteiger partial charge in [0.05, 0.1) is 0 Å². The van der Waals surface area contributed by atoms with Crippen LogP contribution in [0.2, 0.25) is 0 Å². The summed E-state index contributed by atoms with van der Waals surface area (Å²) in [5.74, 6) is 1.02. The maximum atomic E-state index is 2.52. The summed E-state index contributed by atoms with van der Waals surface area (Å²) in [5, 5.41) is 8.44. The van der Waals surface area contributed by atoms with Crippen LogP contribution in [0.4, 0.5) is 0 Å². The smallest absolute Gasteiger partial charge is 0.0137 e. The molecule has 0 spiro atoms. The Morgan fingerprint density at radius 3 is 1.35 bits per heavy atom. The van der Waals surface area contributed by atoms with Crippen molar-refractivity contribution in [3.8, 4) is 22.3 Å². The van der Waals surface area contributed by atoms with Crippen LogP contribution in [0.5, 0.6) is 0 Å². The molecule has 5 aromatic carbocycles. The lowest BCUT2D eigenvalue weighted by atomic mass is 9.60. The zero-order valence-electron chi connectivity index (χ0n) is 20.1. The molecule has 0 bridgehead atoms. The average molecular weight is 435 g/mol. The molecule has 2 atom stereocenters. The van der Waals surface area contributed by atoms with Crippen LogP contribution in [-0.2, 0) is 0 Å². The summed E-state index contributed by atoms with van der Waals surface area (Å²) in [4.78, 5) is 0. The fraction of sp³-hybridized carbons (Fsp3) is 0.176. The summed E-state index contributed by atoms with van der Waals surface area (Å²) in [5.41, 5.74) is 14.9. The lowest BCUT2D eigenvalue weighted by Crippen LogP contribution is -2.36. The fourth-order valence-electron chi connectivity index (χ4n) is 7.57. The van der Waals surface area contributed by atoms with E-state index in [-0.39, 0.29) is 0 Å². The van der Waals surface area contributed by atoms with Gasteiger partial charge in [-0.2, -0.15) is 0 Å². The van der Waals surface area contributed by atoms with Gasteiger partial charge >= 0.3 is 0 Å². The molecule has 0 nitrogen and oxygen atoms in total. The standard InChI is InChI=1S/C34H26/c1-17-29-18(2)33-27-15-23-11-7-8-12-24(23)16-28(27)34(33)20(4)30(29)19(3)32-26-14-22-10-6-5-9-21(22)13-25(26)31(17)32/h5-16,25-26H,1-4H3. The molecular weight excluding hydrogens is 408 g/mol. The molecule has 3 aliphatic carbocycles. The first-order valence-corrected chi connectivity index (χ1v) is 12.5. The van der Waals surface area contributed by atoms with Crippen molar-refractivity contribution in [2.45, 2.75) is 39.5 Å². The van der Waals surface area contributed by atoms with Gasteiger partial charge in [-0.05, 0) is 127 Å². The van der Waals surface area contributed by atoms with Gasteiger partial charge in [0.1, 0.15) is 0 Å². The Hall–Kier alpha value is -3.64. The van der Waals surface area contributed by atoms with Crippen LogP contribution in [0, 0.1) is 27.7 Å². The summed E-state index contributed by atoms with van der Waals surface area (Å²) in [7, 11) is 0. The zero-order chi connectivity index (χ0) is 22.9. The monoisotopic (exact) mass is 434 g/mol. The highest BCUT2D eigenvalue weighted by Gasteiger charge is 2.41. The van der Waals surface area contributed by atoms with Crippen LogP contribution in [-0.4, -0.2) is 0 Å². The average Bonchev–Trinajstić information content (AvgIpc) is 2.82. The van der Waals surface area contributed by atoms with Gasteiger partial charge in [0.15, 0.2) is 0 Å². The van der Waals surface area contributed by atoms with Crippen LogP contribution < -0.4 is 10.4 Å². The predicted molar refractivity (Wildman–Crippen MR) is 145 cm³/mol. The van der Waals surface area contributed by atoms with E-state index >= 15 is 0 Å². The molecule has 0 aliphatic heterocycles. The van der Waals surface area contributed by atoms with E-state index in [1.807, 2.05) is 0 Å². The van der Waals surface area contributed by atoms with Crippen molar-refractivity contribution in [2.75, 3.05) is 0 Å². The van der Waals surface area contributed by atoms with Gasteiger partial charge in [0, 0.05) is 11.8 Å². The molecule has 8 rings (SSSR count). The molecule has 2 unspecified atom stereocenters. The van der Waals surface area contributed by atoms with Crippen LogP contribution >= 0.6 is 0 Å². The van der Waals surface area contributed by atoms with Crippen molar-refractivity contribution in [3.05, 3.63) is 104 Å². The van der Waals surface area contributed by atoms with Crippen molar-refractivity contribution < 1.29 is 0 Å². The molecule has 162 valence electrons. The summed E-state index contributed by atoms with van der Waals surface area (Å²) in [6.45, 7) is 9.48. The minimum Gasteiger partial charge on any atom is -0.0682 e. The summed E-state index contributed by atoms with van der Waals surface area (Å²) >= 11 is 0. The van der Waals surface area contributed by atoms with E-state index in [0.29, 0.717) is 11.8 Å². The highest BCUT2D eigenvalue weighted by Crippen LogP contribution is 2.59. The third-order valence-electron chi connectivity index (χ3n) is 9.04. The van der Waals surface area contributed by atoms with Gasteiger partial charge in [0.25, 0.3) is 0 Å². The minimum absolute atomic E-state index is 0.509. The largest absolute Gasteiger partial charge is 0.0682 e. The molecule has 0 N–H and O–H groups in total. The first-order valence-electron chi connectivity index (χ1n) is 12.5. The number of hydrogen-bond acceptors (Lipinski definition) is 0. The first-order chi connectivity index (χ1) is 16.5. The minimum atomic E-state index is 0.509. The Morgan fingerprint density at radius 1 is 0.500 bits per heavy atom. The van der Waals surface area contributed by atoms with Crippen molar-refractivity contribution in [1.29, 1.82) is 0 Å². The van der Waals surface area contributed by atoms with Gasteiger partial charge in [0.2, 0.25) is 0 Å². The molecular formula is C34H26. The van der Waals surface area contributed by atoms with Crippen LogP contribution in [0.1, 0.15) is 45.2 Å². The first kappa shape index (κ1) is 18.7.